The van der Waals surface area contributed by atoms with Crippen molar-refractivity contribution in [3.05, 3.63) is 65.2 Å². The van der Waals surface area contributed by atoms with E-state index in [1.54, 1.807) is 6.07 Å². The van der Waals surface area contributed by atoms with Gasteiger partial charge >= 0.3 is 5.97 Å². The Morgan fingerprint density at radius 3 is 2.47 bits per heavy atom. The van der Waals surface area contributed by atoms with Gasteiger partial charge in [0.1, 0.15) is 5.75 Å². The number of rotatable bonds is 9. The number of carbonyl (C=O) groups excluding carboxylic acids is 2. The Morgan fingerprint density at radius 2 is 1.76 bits per heavy atom. The molecule has 2 saturated heterocycles. The van der Waals surface area contributed by atoms with Gasteiger partial charge in [0, 0.05) is 63.3 Å². The van der Waals surface area contributed by atoms with E-state index in [0.29, 0.717) is 43.8 Å². The van der Waals surface area contributed by atoms with E-state index < -0.39 is 0 Å². The van der Waals surface area contributed by atoms with Gasteiger partial charge in [-0.1, -0.05) is 24.3 Å². The van der Waals surface area contributed by atoms with Gasteiger partial charge in [0.15, 0.2) is 0 Å². The fourth-order valence-corrected chi connectivity index (χ4v) is 5.56. The van der Waals surface area contributed by atoms with Gasteiger partial charge in [0.25, 0.3) is 5.91 Å². The number of hydrogen-bond donors (Lipinski definition) is 2. The van der Waals surface area contributed by atoms with Crippen LogP contribution in [0.25, 0.3) is 0 Å². The zero-order valence-electron chi connectivity index (χ0n) is 22.9. The number of phenols is 1. The SMILES string of the molecule is CCOC(=O)CCCN1CCN(C(=O)c2cccc([C@H](c3cccc(O)c3)N3C[C@@H](C)NC[C@@H]3C)c2)CC1. The van der Waals surface area contributed by atoms with Crippen LogP contribution in [0.4, 0.5) is 0 Å². The van der Waals surface area contributed by atoms with Crippen LogP contribution < -0.4 is 5.32 Å². The first kappa shape index (κ1) is 28.1. The molecule has 0 aromatic heterocycles. The average Bonchev–Trinajstić information content (AvgIpc) is 2.91. The normalized spacial score (nSPS) is 21.7. The summed E-state index contributed by atoms with van der Waals surface area (Å²) >= 11 is 0. The van der Waals surface area contributed by atoms with Crippen LogP contribution in [0.15, 0.2) is 48.5 Å². The minimum absolute atomic E-state index is 0.0504. The number of aromatic hydroxyl groups is 1. The molecule has 2 aromatic rings. The van der Waals surface area contributed by atoms with Crippen molar-refractivity contribution in [1.29, 1.82) is 0 Å². The third-order valence-corrected chi connectivity index (χ3v) is 7.60. The molecule has 0 spiro atoms. The second-order valence-electron chi connectivity index (χ2n) is 10.5. The zero-order chi connectivity index (χ0) is 27.1. The summed E-state index contributed by atoms with van der Waals surface area (Å²) in [5, 5.41) is 13.8. The second kappa shape index (κ2) is 13.2. The lowest BCUT2D eigenvalue weighted by atomic mass is 9.92. The first-order chi connectivity index (χ1) is 18.4. The highest BCUT2D eigenvalue weighted by Crippen LogP contribution is 2.33. The van der Waals surface area contributed by atoms with Crippen LogP contribution in [0.3, 0.4) is 0 Å². The van der Waals surface area contributed by atoms with E-state index in [1.807, 2.05) is 42.2 Å². The van der Waals surface area contributed by atoms with Gasteiger partial charge in [0.2, 0.25) is 0 Å². The summed E-state index contributed by atoms with van der Waals surface area (Å²) in [6.07, 6.45) is 1.21. The summed E-state index contributed by atoms with van der Waals surface area (Å²) in [5.41, 5.74) is 2.77. The number of hydrogen-bond acceptors (Lipinski definition) is 7. The summed E-state index contributed by atoms with van der Waals surface area (Å²) in [7, 11) is 0. The van der Waals surface area contributed by atoms with Crippen LogP contribution in [0.5, 0.6) is 5.75 Å². The molecule has 0 unspecified atom stereocenters. The largest absolute Gasteiger partial charge is 0.508 e. The molecule has 0 saturated carbocycles. The molecule has 206 valence electrons. The highest BCUT2D eigenvalue weighted by Gasteiger charge is 2.32. The molecule has 0 radical (unpaired) electrons. The van der Waals surface area contributed by atoms with Gasteiger partial charge in [-0.25, -0.2) is 0 Å². The maximum atomic E-state index is 13.5. The second-order valence-corrected chi connectivity index (χ2v) is 10.5. The quantitative estimate of drug-likeness (QED) is 0.489. The average molecular weight is 523 g/mol. The molecule has 2 aliphatic heterocycles. The van der Waals surface area contributed by atoms with Gasteiger partial charge in [-0.05, 0) is 69.1 Å². The Labute approximate surface area is 226 Å². The Bertz CT molecular complexity index is 1090. The van der Waals surface area contributed by atoms with Crippen molar-refractivity contribution in [2.24, 2.45) is 0 Å². The standard InChI is InChI=1S/C30H42N4O4/c1-4-38-28(36)12-7-13-32-14-16-33(17-15-32)30(37)26-10-5-8-24(18-26)29(25-9-6-11-27(35)19-25)34-21-22(2)31-20-23(34)3/h5-6,8-11,18-19,22-23,29,31,35H,4,7,12-17,20-21H2,1-3H3/t22-,23+,29-/m1/s1. The third kappa shape index (κ3) is 7.12. The van der Waals surface area contributed by atoms with Crippen molar-refractivity contribution in [3.8, 4) is 5.75 Å². The number of phenolic OH excluding ortho intramolecular Hbond substituents is 1. The number of nitrogens with one attached hydrogen (secondary N) is 1. The van der Waals surface area contributed by atoms with E-state index in [2.05, 4.69) is 41.1 Å². The van der Waals surface area contributed by atoms with E-state index in [9.17, 15) is 14.7 Å². The lowest BCUT2D eigenvalue weighted by Gasteiger charge is -2.43. The monoisotopic (exact) mass is 522 g/mol. The topological polar surface area (TPSA) is 85.3 Å². The number of amides is 1. The van der Waals surface area contributed by atoms with Gasteiger partial charge in [0.05, 0.1) is 12.6 Å². The van der Waals surface area contributed by atoms with E-state index in [0.717, 1.165) is 50.3 Å². The molecule has 8 heteroatoms. The maximum absolute atomic E-state index is 13.5. The van der Waals surface area contributed by atoms with Crippen molar-refractivity contribution >= 4 is 11.9 Å². The van der Waals surface area contributed by atoms with Crippen LogP contribution in [-0.2, 0) is 9.53 Å². The summed E-state index contributed by atoms with van der Waals surface area (Å²) in [6.45, 7) is 12.2. The van der Waals surface area contributed by atoms with Crippen LogP contribution in [0.1, 0.15) is 61.1 Å². The lowest BCUT2D eigenvalue weighted by molar-refractivity contribution is -0.143. The number of nitrogens with zero attached hydrogens (tertiary/aromatic N) is 3. The van der Waals surface area contributed by atoms with Crippen molar-refractivity contribution < 1.29 is 19.4 Å². The minimum atomic E-state index is -0.144. The van der Waals surface area contributed by atoms with Crippen LogP contribution >= 0.6 is 0 Å². The molecule has 0 bridgehead atoms. The fraction of sp³-hybridized carbons (Fsp3) is 0.533. The molecular weight excluding hydrogens is 480 g/mol. The highest BCUT2D eigenvalue weighted by atomic mass is 16.5. The molecule has 4 rings (SSSR count). The number of benzene rings is 2. The molecule has 2 aliphatic rings. The number of esters is 1. The molecule has 38 heavy (non-hydrogen) atoms. The van der Waals surface area contributed by atoms with E-state index in [-0.39, 0.29) is 23.7 Å². The molecular formula is C30H42N4O4. The molecule has 8 nitrogen and oxygen atoms in total. The van der Waals surface area contributed by atoms with Crippen molar-refractivity contribution in [3.63, 3.8) is 0 Å². The van der Waals surface area contributed by atoms with Crippen molar-refractivity contribution in [2.45, 2.75) is 51.7 Å². The predicted molar refractivity (Wildman–Crippen MR) is 148 cm³/mol. The number of ether oxygens (including phenoxy) is 1. The zero-order valence-corrected chi connectivity index (χ0v) is 22.9. The van der Waals surface area contributed by atoms with Gasteiger partial charge < -0.3 is 20.1 Å². The minimum Gasteiger partial charge on any atom is -0.508 e. The third-order valence-electron chi connectivity index (χ3n) is 7.60. The highest BCUT2D eigenvalue weighted by molar-refractivity contribution is 5.94. The molecule has 2 N–H and O–H groups in total. The Hall–Kier alpha value is -2.94. The lowest BCUT2D eigenvalue weighted by Crippen LogP contribution is -2.55. The Balaban J connectivity index is 1.46. The maximum Gasteiger partial charge on any atom is 0.305 e. The van der Waals surface area contributed by atoms with Crippen LogP contribution in [-0.4, -0.2) is 96.2 Å². The van der Waals surface area contributed by atoms with Gasteiger partial charge in [-0.2, -0.15) is 0 Å². The molecule has 2 aromatic carbocycles. The Kier molecular flexibility index (Phi) is 9.77. The molecule has 3 atom stereocenters. The summed E-state index contributed by atoms with van der Waals surface area (Å²) < 4.78 is 5.01. The predicted octanol–water partition coefficient (Wildman–Crippen LogP) is 3.26. The van der Waals surface area contributed by atoms with E-state index in [4.69, 9.17) is 4.74 Å². The van der Waals surface area contributed by atoms with E-state index in [1.165, 1.54) is 0 Å². The number of carbonyl (C=O) groups is 2. The summed E-state index contributed by atoms with van der Waals surface area (Å²) in [4.78, 5) is 31.8. The molecule has 2 fully saturated rings. The smallest absolute Gasteiger partial charge is 0.305 e. The fourth-order valence-electron chi connectivity index (χ4n) is 5.56. The number of piperazine rings is 2. The summed E-state index contributed by atoms with van der Waals surface area (Å²) in [6, 6.07) is 16.1. The van der Waals surface area contributed by atoms with Crippen LogP contribution in [0, 0.1) is 0 Å². The first-order valence-electron chi connectivity index (χ1n) is 13.9. The molecule has 1 amide bonds. The molecule has 2 heterocycles. The van der Waals surface area contributed by atoms with Crippen molar-refractivity contribution in [1.82, 2.24) is 20.0 Å². The Morgan fingerprint density at radius 1 is 1.05 bits per heavy atom. The van der Waals surface area contributed by atoms with Crippen LogP contribution in [0.2, 0.25) is 0 Å². The first-order valence-corrected chi connectivity index (χ1v) is 13.9. The summed E-state index contributed by atoms with van der Waals surface area (Å²) in [5.74, 6) is 0.153. The molecule has 0 aliphatic carbocycles. The van der Waals surface area contributed by atoms with Crippen molar-refractivity contribution in [2.75, 3.05) is 52.4 Å². The van der Waals surface area contributed by atoms with Gasteiger partial charge in [-0.15, -0.1) is 0 Å². The van der Waals surface area contributed by atoms with Gasteiger partial charge in [-0.3, -0.25) is 19.4 Å². The van der Waals surface area contributed by atoms with E-state index >= 15 is 0 Å².